The quantitative estimate of drug-likeness (QED) is 0.813. The molecule has 6 heteroatoms. The predicted octanol–water partition coefficient (Wildman–Crippen LogP) is 4.61. The number of hydrogen-bond donors (Lipinski definition) is 1. The molecule has 0 saturated carbocycles. The maximum Gasteiger partial charge on any atom is 0.259 e. The van der Waals surface area contributed by atoms with Gasteiger partial charge in [0.25, 0.3) is 5.91 Å². The number of methoxy groups -OCH3 is 1. The van der Waals surface area contributed by atoms with Crippen LogP contribution in [0.15, 0.2) is 45.3 Å². The number of anilines is 1. The molecule has 0 aliphatic carbocycles. The van der Waals surface area contributed by atoms with Gasteiger partial charge in [0.15, 0.2) is 0 Å². The van der Waals surface area contributed by atoms with E-state index in [1.165, 1.54) is 19.2 Å². The van der Waals surface area contributed by atoms with Gasteiger partial charge < -0.3 is 10.1 Å². The molecule has 0 atom stereocenters. The highest BCUT2D eigenvalue weighted by Crippen LogP contribution is 2.25. The first-order valence-corrected chi connectivity index (χ1v) is 7.20. The maximum absolute atomic E-state index is 13.7. The van der Waals surface area contributed by atoms with Gasteiger partial charge in [-0.1, -0.05) is 31.9 Å². The van der Waals surface area contributed by atoms with Crippen molar-refractivity contribution in [3.05, 3.63) is 56.7 Å². The van der Waals surface area contributed by atoms with Crippen molar-refractivity contribution in [3.8, 4) is 5.75 Å². The number of ether oxygens (including phenoxy) is 1. The highest BCUT2D eigenvalue weighted by molar-refractivity contribution is 9.10. The highest BCUT2D eigenvalue weighted by Gasteiger charge is 2.14. The van der Waals surface area contributed by atoms with Gasteiger partial charge in [-0.2, -0.15) is 0 Å². The lowest BCUT2D eigenvalue weighted by Gasteiger charge is -2.10. The van der Waals surface area contributed by atoms with E-state index in [4.69, 9.17) is 4.74 Å². The Kier molecular flexibility index (Phi) is 4.77. The predicted molar refractivity (Wildman–Crippen MR) is 82.7 cm³/mol. The summed E-state index contributed by atoms with van der Waals surface area (Å²) in [5.41, 5.74) is 0.446. The second-order valence-corrected chi connectivity index (χ2v) is 5.75. The Morgan fingerprint density at radius 3 is 2.45 bits per heavy atom. The molecular formula is C14H10Br2FNO2. The van der Waals surface area contributed by atoms with Crippen molar-refractivity contribution in [1.29, 1.82) is 0 Å². The van der Waals surface area contributed by atoms with E-state index in [2.05, 4.69) is 37.2 Å². The van der Waals surface area contributed by atoms with Crippen LogP contribution in [0.2, 0.25) is 0 Å². The van der Waals surface area contributed by atoms with Gasteiger partial charge in [0, 0.05) is 8.95 Å². The van der Waals surface area contributed by atoms with Crippen LogP contribution in [0.25, 0.3) is 0 Å². The molecule has 104 valence electrons. The number of rotatable bonds is 3. The van der Waals surface area contributed by atoms with Crippen molar-refractivity contribution in [2.75, 3.05) is 12.4 Å². The van der Waals surface area contributed by atoms with Crippen LogP contribution in [0, 0.1) is 5.82 Å². The molecular weight excluding hydrogens is 393 g/mol. The summed E-state index contributed by atoms with van der Waals surface area (Å²) in [5, 5.41) is 2.52. The molecule has 0 aromatic heterocycles. The van der Waals surface area contributed by atoms with Gasteiger partial charge >= 0.3 is 0 Å². The van der Waals surface area contributed by atoms with Crippen molar-refractivity contribution in [3.63, 3.8) is 0 Å². The number of hydrogen-bond acceptors (Lipinski definition) is 2. The zero-order chi connectivity index (χ0) is 14.7. The lowest BCUT2D eigenvalue weighted by atomic mass is 10.2. The Bertz CT molecular complexity index is 662. The first kappa shape index (κ1) is 15.0. The first-order valence-electron chi connectivity index (χ1n) is 5.61. The van der Waals surface area contributed by atoms with Crippen LogP contribution in [0.5, 0.6) is 5.75 Å². The van der Waals surface area contributed by atoms with Crippen molar-refractivity contribution < 1.29 is 13.9 Å². The Morgan fingerprint density at radius 2 is 1.80 bits per heavy atom. The number of halogens is 3. The molecule has 2 rings (SSSR count). The number of carbonyl (C=O) groups is 1. The third-order valence-corrected chi connectivity index (χ3v) is 3.57. The molecule has 0 bridgehead atoms. The van der Waals surface area contributed by atoms with Crippen LogP contribution in [0.3, 0.4) is 0 Å². The zero-order valence-corrected chi connectivity index (χ0v) is 13.6. The van der Waals surface area contributed by atoms with Gasteiger partial charge in [0.2, 0.25) is 0 Å². The summed E-state index contributed by atoms with van der Waals surface area (Å²) < 4.78 is 20.2. The number of carbonyl (C=O) groups excluding carboxylic acids is 1. The molecule has 0 spiro atoms. The van der Waals surface area contributed by atoms with Gasteiger partial charge in [-0.25, -0.2) is 4.39 Å². The average molecular weight is 403 g/mol. The van der Waals surface area contributed by atoms with E-state index < -0.39 is 11.7 Å². The van der Waals surface area contributed by atoms with Crippen molar-refractivity contribution >= 4 is 43.5 Å². The van der Waals surface area contributed by atoms with Crippen LogP contribution in [-0.2, 0) is 0 Å². The van der Waals surface area contributed by atoms with Crippen LogP contribution >= 0.6 is 31.9 Å². The Hall–Kier alpha value is -1.40. The van der Waals surface area contributed by atoms with Crippen molar-refractivity contribution in [1.82, 2.24) is 0 Å². The largest absolute Gasteiger partial charge is 0.496 e. The number of nitrogens with one attached hydrogen (secondary N) is 1. The molecule has 1 amide bonds. The van der Waals surface area contributed by atoms with E-state index in [-0.39, 0.29) is 5.69 Å². The molecule has 0 radical (unpaired) electrons. The van der Waals surface area contributed by atoms with Gasteiger partial charge in [-0.15, -0.1) is 0 Å². The molecule has 0 aliphatic rings. The molecule has 0 aliphatic heterocycles. The molecule has 0 heterocycles. The van der Waals surface area contributed by atoms with E-state index in [0.717, 1.165) is 4.47 Å². The minimum atomic E-state index is -0.510. The molecule has 0 saturated heterocycles. The Balaban J connectivity index is 2.28. The molecule has 0 unspecified atom stereocenters. The van der Waals surface area contributed by atoms with E-state index in [9.17, 15) is 9.18 Å². The SMILES string of the molecule is COc1cc(Br)ccc1C(=O)Nc1ccc(Br)cc1F. The molecule has 2 aromatic rings. The number of amides is 1. The lowest BCUT2D eigenvalue weighted by Crippen LogP contribution is -2.14. The summed E-state index contributed by atoms with van der Waals surface area (Å²) in [6.45, 7) is 0. The van der Waals surface area contributed by atoms with Crippen LogP contribution < -0.4 is 10.1 Å². The summed E-state index contributed by atoms with van der Waals surface area (Å²) in [6.07, 6.45) is 0. The topological polar surface area (TPSA) is 38.3 Å². The minimum Gasteiger partial charge on any atom is -0.496 e. The monoisotopic (exact) mass is 401 g/mol. The molecule has 0 fully saturated rings. The van der Waals surface area contributed by atoms with Crippen molar-refractivity contribution in [2.24, 2.45) is 0 Å². The third kappa shape index (κ3) is 3.37. The average Bonchev–Trinajstić information content (AvgIpc) is 2.41. The van der Waals surface area contributed by atoms with Gasteiger partial charge in [-0.05, 0) is 36.4 Å². The third-order valence-electron chi connectivity index (χ3n) is 2.59. The standard InChI is InChI=1S/C14H10Br2FNO2/c1-20-13-7-9(16)2-4-10(13)14(19)18-12-5-3-8(15)6-11(12)17/h2-7H,1H3,(H,18,19). The Labute approximate surface area is 132 Å². The first-order chi connectivity index (χ1) is 9.51. The van der Waals surface area contributed by atoms with E-state index >= 15 is 0 Å². The van der Waals surface area contributed by atoms with Crippen LogP contribution in [0.4, 0.5) is 10.1 Å². The summed E-state index contributed by atoms with van der Waals surface area (Å²) in [7, 11) is 1.47. The normalized spacial score (nSPS) is 10.2. The highest BCUT2D eigenvalue weighted by atomic mass is 79.9. The zero-order valence-electron chi connectivity index (χ0n) is 10.4. The molecule has 2 aromatic carbocycles. The van der Waals surface area contributed by atoms with Crippen LogP contribution in [0.1, 0.15) is 10.4 Å². The summed E-state index contributed by atoms with van der Waals surface area (Å²) >= 11 is 6.46. The molecule has 1 N–H and O–H groups in total. The lowest BCUT2D eigenvalue weighted by molar-refractivity contribution is 0.102. The second kappa shape index (κ2) is 6.37. The van der Waals surface area contributed by atoms with Crippen LogP contribution in [-0.4, -0.2) is 13.0 Å². The van der Waals surface area contributed by atoms with E-state index in [1.807, 2.05) is 0 Å². The fraction of sp³-hybridized carbons (Fsp3) is 0.0714. The molecule has 20 heavy (non-hydrogen) atoms. The fourth-order valence-corrected chi connectivity index (χ4v) is 2.31. The summed E-state index contributed by atoms with van der Waals surface area (Å²) in [4.78, 5) is 12.2. The van der Waals surface area contributed by atoms with E-state index in [0.29, 0.717) is 15.8 Å². The van der Waals surface area contributed by atoms with Gasteiger partial charge in [-0.3, -0.25) is 4.79 Å². The second-order valence-electron chi connectivity index (χ2n) is 3.92. The smallest absolute Gasteiger partial charge is 0.259 e. The fourth-order valence-electron chi connectivity index (χ4n) is 1.63. The summed E-state index contributed by atoms with van der Waals surface area (Å²) in [5.74, 6) is -0.534. The minimum absolute atomic E-state index is 0.114. The Morgan fingerprint density at radius 1 is 1.15 bits per heavy atom. The molecule has 3 nitrogen and oxygen atoms in total. The van der Waals surface area contributed by atoms with Gasteiger partial charge in [0.1, 0.15) is 11.6 Å². The maximum atomic E-state index is 13.7. The van der Waals surface area contributed by atoms with Gasteiger partial charge in [0.05, 0.1) is 18.4 Å². The number of benzene rings is 2. The van der Waals surface area contributed by atoms with E-state index in [1.54, 1.807) is 24.3 Å². The summed E-state index contributed by atoms with van der Waals surface area (Å²) in [6, 6.07) is 9.42. The van der Waals surface area contributed by atoms with Crippen molar-refractivity contribution in [2.45, 2.75) is 0 Å².